The molecule has 10 heteroatoms. The van der Waals surface area contributed by atoms with E-state index in [1.54, 1.807) is 44.6 Å². The molecule has 0 aliphatic heterocycles. The molecule has 3 aromatic rings. The Morgan fingerprint density at radius 2 is 1.72 bits per heavy atom. The number of Topliss-reactive ketones (excluding diaryl/α,β-unsaturated/α-hetero) is 1. The molecule has 1 aromatic heterocycles. The molecule has 0 saturated heterocycles. The van der Waals surface area contributed by atoms with Crippen LogP contribution in [0.2, 0.25) is 0 Å². The molecule has 0 fully saturated rings. The standard InChI is InChI=1S/C22H23N5O5/c1-14(28)16-5-7-17(8-6-16)26-22-20(27(29)30)21(24-13-25-22)23-11-10-15-4-9-18(31-2)19(12-15)32-3/h4-9,12-13H,10-11H2,1-3H3,(H2,23,24,25,26). The quantitative estimate of drug-likeness (QED) is 0.275. The summed E-state index contributed by atoms with van der Waals surface area (Å²) in [5.74, 6) is 1.33. The number of nitrogens with zero attached hydrogens (tertiary/aromatic N) is 3. The fourth-order valence-electron chi connectivity index (χ4n) is 3.06. The molecule has 0 saturated carbocycles. The summed E-state index contributed by atoms with van der Waals surface area (Å²) in [6.45, 7) is 1.87. The van der Waals surface area contributed by atoms with Gasteiger partial charge in [-0.3, -0.25) is 14.9 Å². The van der Waals surface area contributed by atoms with Gasteiger partial charge in [0.25, 0.3) is 0 Å². The molecule has 2 aromatic carbocycles. The van der Waals surface area contributed by atoms with Crippen molar-refractivity contribution in [1.82, 2.24) is 9.97 Å². The minimum atomic E-state index is -0.537. The molecule has 32 heavy (non-hydrogen) atoms. The molecular formula is C22H23N5O5. The third-order valence-corrected chi connectivity index (χ3v) is 4.71. The van der Waals surface area contributed by atoms with Gasteiger partial charge in [-0.25, -0.2) is 9.97 Å². The lowest BCUT2D eigenvalue weighted by Crippen LogP contribution is -2.11. The van der Waals surface area contributed by atoms with Crippen molar-refractivity contribution in [3.63, 3.8) is 0 Å². The summed E-state index contributed by atoms with van der Waals surface area (Å²) < 4.78 is 10.5. The summed E-state index contributed by atoms with van der Waals surface area (Å²) in [7, 11) is 3.13. The van der Waals surface area contributed by atoms with E-state index in [-0.39, 0.29) is 23.1 Å². The summed E-state index contributed by atoms with van der Waals surface area (Å²) in [6.07, 6.45) is 1.83. The molecule has 0 aliphatic carbocycles. The average molecular weight is 437 g/mol. The van der Waals surface area contributed by atoms with E-state index < -0.39 is 4.92 Å². The number of aromatic nitrogens is 2. The lowest BCUT2D eigenvalue weighted by Gasteiger charge is -2.11. The smallest absolute Gasteiger partial charge is 0.353 e. The summed E-state index contributed by atoms with van der Waals surface area (Å²) >= 11 is 0. The minimum absolute atomic E-state index is 0.0502. The maximum absolute atomic E-state index is 11.7. The zero-order valence-electron chi connectivity index (χ0n) is 17.9. The van der Waals surface area contributed by atoms with Gasteiger partial charge in [-0.1, -0.05) is 6.07 Å². The van der Waals surface area contributed by atoms with Gasteiger partial charge in [-0.2, -0.15) is 0 Å². The normalized spacial score (nSPS) is 10.3. The average Bonchev–Trinajstić information content (AvgIpc) is 2.79. The van der Waals surface area contributed by atoms with E-state index in [4.69, 9.17) is 9.47 Å². The van der Waals surface area contributed by atoms with Crippen molar-refractivity contribution < 1.29 is 19.2 Å². The predicted molar refractivity (Wildman–Crippen MR) is 120 cm³/mol. The molecule has 166 valence electrons. The first-order valence-electron chi connectivity index (χ1n) is 9.75. The lowest BCUT2D eigenvalue weighted by atomic mass is 10.1. The molecule has 1 heterocycles. The van der Waals surface area contributed by atoms with E-state index in [0.717, 1.165) is 5.56 Å². The van der Waals surface area contributed by atoms with Crippen LogP contribution in [-0.2, 0) is 6.42 Å². The molecule has 0 aliphatic rings. The Balaban J connectivity index is 1.74. The highest BCUT2D eigenvalue weighted by molar-refractivity contribution is 5.94. The van der Waals surface area contributed by atoms with Crippen molar-refractivity contribution in [3.8, 4) is 11.5 Å². The molecule has 0 amide bonds. The summed E-state index contributed by atoms with van der Waals surface area (Å²) in [6, 6.07) is 12.2. The molecule has 10 nitrogen and oxygen atoms in total. The number of ketones is 1. The van der Waals surface area contributed by atoms with Crippen LogP contribution in [0.4, 0.5) is 23.0 Å². The van der Waals surface area contributed by atoms with Gasteiger partial charge in [0.2, 0.25) is 11.6 Å². The van der Waals surface area contributed by atoms with Gasteiger partial charge < -0.3 is 20.1 Å². The number of benzene rings is 2. The second kappa shape index (κ2) is 10.2. The maximum Gasteiger partial charge on any atom is 0.353 e. The minimum Gasteiger partial charge on any atom is -0.493 e. The first-order valence-corrected chi connectivity index (χ1v) is 9.75. The fourth-order valence-corrected chi connectivity index (χ4v) is 3.06. The van der Waals surface area contributed by atoms with Gasteiger partial charge in [0.15, 0.2) is 17.3 Å². The number of anilines is 3. The topological polar surface area (TPSA) is 129 Å². The lowest BCUT2D eigenvalue weighted by molar-refractivity contribution is -0.383. The fraction of sp³-hybridized carbons (Fsp3) is 0.227. The summed E-state index contributed by atoms with van der Waals surface area (Å²) in [5.41, 5.74) is 1.81. The number of hydrogen-bond acceptors (Lipinski definition) is 9. The van der Waals surface area contributed by atoms with Crippen molar-refractivity contribution in [2.24, 2.45) is 0 Å². The Morgan fingerprint density at radius 3 is 2.34 bits per heavy atom. The highest BCUT2D eigenvalue weighted by Gasteiger charge is 2.23. The zero-order chi connectivity index (χ0) is 23.1. The van der Waals surface area contributed by atoms with E-state index in [2.05, 4.69) is 20.6 Å². The van der Waals surface area contributed by atoms with E-state index in [0.29, 0.717) is 35.7 Å². The van der Waals surface area contributed by atoms with Crippen LogP contribution in [-0.4, -0.2) is 41.4 Å². The third-order valence-electron chi connectivity index (χ3n) is 4.71. The van der Waals surface area contributed by atoms with Crippen LogP contribution in [0, 0.1) is 10.1 Å². The second-order valence-corrected chi connectivity index (χ2v) is 6.80. The number of carbonyl (C=O) groups excluding carboxylic acids is 1. The Bertz CT molecular complexity index is 1120. The third kappa shape index (κ3) is 5.28. The number of rotatable bonds is 10. The number of hydrogen-bond donors (Lipinski definition) is 2. The number of ether oxygens (including phenoxy) is 2. The first-order chi connectivity index (χ1) is 15.4. The van der Waals surface area contributed by atoms with Crippen LogP contribution in [0.5, 0.6) is 11.5 Å². The van der Waals surface area contributed by atoms with Gasteiger partial charge in [-0.15, -0.1) is 0 Å². The van der Waals surface area contributed by atoms with Crippen LogP contribution < -0.4 is 20.1 Å². The Kier molecular flexibility index (Phi) is 7.17. The molecule has 0 unspecified atom stereocenters. The molecule has 0 spiro atoms. The van der Waals surface area contributed by atoms with Gasteiger partial charge >= 0.3 is 5.69 Å². The zero-order valence-corrected chi connectivity index (χ0v) is 17.9. The molecule has 0 radical (unpaired) electrons. The molecule has 0 bridgehead atoms. The monoisotopic (exact) mass is 437 g/mol. The van der Waals surface area contributed by atoms with Crippen molar-refractivity contribution in [2.75, 3.05) is 31.4 Å². The molecule has 0 atom stereocenters. The van der Waals surface area contributed by atoms with Crippen LogP contribution >= 0.6 is 0 Å². The maximum atomic E-state index is 11.7. The van der Waals surface area contributed by atoms with Crippen molar-refractivity contribution in [3.05, 3.63) is 70.0 Å². The van der Waals surface area contributed by atoms with Crippen molar-refractivity contribution in [2.45, 2.75) is 13.3 Å². The van der Waals surface area contributed by atoms with E-state index >= 15 is 0 Å². The van der Waals surface area contributed by atoms with Crippen LogP contribution in [0.3, 0.4) is 0 Å². The van der Waals surface area contributed by atoms with Gasteiger partial charge in [0.05, 0.1) is 19.1 Å². The highest BCUT2D eigenvalue weighted by atomic mass is 16.6. The highest BCUT2D eigenvalue weighted by Crippen LogP contribution is 2.31. The Hall–Kier alpha value is -4.21. The van der Waals surface area contributed by atoms with Gasteiger partial charge in [-0.05, 0) is 55.3 Å². The first kappa shape index (κ1) is 22.5. The predicted octanol–water partition coefficient (Wildman–Crippen LogP) is 4.00. The number of nitrogens with one attached hydrogen (secondary N) is 2. The number of nitro groups is 1. The summed E-state index contributed by atoms with van der Waals surface area (Å²) in [4.78, 5) is 30.7. The molecular weight excluding hydrogens is 414 g/mol. The van der Waals surface area contributed by atoms with E-state index in [1.807, 2.05) is 12.1 Å². The van der Waals surface area contributed by atoms with Crippen LogP contribution in [0.25, 0.3) is 0 Å². The SMILES string of the molecule is COc1ccc(CCNc2ncnc(Nc3ccc(C(C)=O)cc3)c2[N+](=O)[O-])cc1OC. The number of methoxy groups -OCH3 is 2. The Labute approximate surface area is 184 Å². The van der Waals surface area contributed by atoms with Gasteiger partial charge in [0.1, 0.15) is 6.33 Å². The molecule has 2 N–H and O–H groups in total. The van der Waals surface area contributed by atoms with Gasteiger partial charge in [0, 0.05) is 17.8 Å². The van der Waals surface area contributed by atoms with Crippen LogP contribution in [0.15, 0.2) is 48.8 Å². The molecule has 3 rings (SSSR count). The van der Waals surface area contributed by atoms with Crippen LogP contribution in [0.1, 0.15) is 22.8 Å². The largest absolute Gasteiger partial charge is 0.493 e. The Morgan fingerprint density at radius 1 is 1.03 bits per heavy atom. The van der Waals surface area contributed by atoms with Crippen molar-refractivity contribution in [1.29, 1.82) is 0 Å². The number of carbonyl (C=O) groups is 1. The van der Waals surface area contributed by atoms with Crippen molar-refractivity contribution >= 4 is 28.8 Å². The van der Waals surface area contributed by atoms with E-state index in [1.165, 1.54) is 13.3 Å². The second-order valence-electron chi connectivity index (χ2n) is 6.80. The van der Waals surface area contributed by atoms with E-state index in [9.17, 15) is 14.9 Å². The summed E-state index contributed by atoms with van der Waals surface area (Å²) in [5, 5.41) is 17.7.